The van der Waals surface area contributed by atoms with Crippen molar-refractivity contribution >= 4 is 38.7 Å². The smallest absolute Gasteiger partial charge is 0.185 e. The normalized spacial score (nSPS) is 12.3. The first kappa shape index (κ1) is 15.2. The lowest BCUT2D eigenvalue weighted by Gasteiger charge is -2.05. The summed E-state index contributed by atoms with van der Waals surface area (Å²) in [6.45, 7) is 0. The first-order chi connectivity index (χ1) is 9.90. The van der Waals surface area contributed by atoms with Crippen LogP contribution in [0, 0.1) is 0 Å². The molecule has 0 aliphatic rings. The van der Waals surface area contributed by atoms with Crippen LogP contribution in [0.2, 0.25) is 0 Å². The molecule has 0 bridgehead atoms. The molecule has 2 N–H and O–H groups in total. The van der Waals surface area contributed by atoms with Crippen LogP contribution in [-0.4, -0.2) is 26.0 Å². The van der Waals surface area contributed by atoms with Crippen LogP contribution >= 0.6 is 11.3 Å². The third kappa shape index (κ3) is 3.67. The van der Waals surface area contributed by atoms with Gasteiger partial charge in [0, 0.05) is 0 Å². The molecule has 1 aromatic carbocycles. The second-order valence-corrected chi connectivity index (χ2v) is 7.00. The minimum atomic E-state index is -3.61. The molecule has 6 nitrogen and oxygen atoms in total. The van der Waals surface area contributed by atoms with E-state index in [9.17, 15) is 18.3 Å². The van der Waals surface area contributed by atoms with E-state index in [2.05, 4.69) is 4.99 Å². The Kier molecular flexibility index (Phi) is 4.39. The largest absolute Gasteiger partial charge is 0.544 e. The van der Waals surface area contributed by atoms with E-state index in [1.807, 2.05) is 0 Å². The summed E-state index contributed by atoms with van der Waals surface area (Å²) in [4.78, 5) is 14.7. The Balaban J connectivity index is 2.25. The highest BCUT2D eigenvalue weighted by Gasteiger charge is 2.16. The fourth-order valence-corrected chi connectivity index (χ4v) is 3.49. The number of hydrogen-bond acceptors (Lipinski definition) is 6. The zero-order valence-corrected chi connectivity index (χ0v) is 12.4. The average Bonchev–Trinajstić information content (AvgIpc) is 2.87. The maximum atomic E-state index is 12.1. The first-order valence-electron chi connectivity index (χ1n) is 5.80. The number of benzene rings is 1. The Morgan fingerprint density at radius 1 is 1.24 bits per heavy atom. The number of thiophene rings is 1. The quantitative estimate of drug-likeness (QED) is 0.638. The molecule has 0 radical (unpaired) electrons. The molecule has 0 unspecified atom stereocenters. The van der Waals surface area contributed by atoms with Gasteiger partial charge in [0.2, 0.25) is 0 Å². The number of aliphatic imine (C=N–C) groups is 1. The van der Waals surface area contributed by atoms with E-state index in [4.69, 9.17) is 5.73 Å². The second-order valence-electron chi connectivity index (χ2n) is 4.10. The molecular formula is C13H11N2O4S2-. The van der Waals surface area contributed by atoms with Crippen LogP contribution in [0.3, 0.4) is 0 Å². The minimum Gasteiger partial charge on any atom is -0.544 e. The molecule has 0 aliphatic heterocycles. The molecule has 0 fully saturated rings. The molecule has 1 aromatic heterocycles. The van der Waals surface area contributed by atoms with Crippen LogP contribution in [0.5, 0.6) is 0 Å². The summed E-state index contributed by atoms with van der Waals surface area (Å²) < 4.78 is 24.2. The highest BCUT2D eigenvalue weighted by Crippen LogP contribution is 2.24. The number of carboxylic acids is 1. The number of sulfone groups is 1. The van der Waals surface area contributed by atoms with Crippen molar-refractivity contribution in [2.75, 3.05) is 5.75 Å². The molecule has 1 heterocycles. The number of amidine groups is 1. The Bertz CT molecular complexity index is 780. The molecule has 21 heavy (non-hydrogen) atoms. The van der Waals surface area contributed by atoms with Crippen LogP contribution in [0.25, 0.3) is 0 Å². The predicted molar refractivity (Wildman–Crippen MR) is 78.4 cm³/mol. The van der Waals surface area contributed by atoms with Gasteiger partial charge in [0.05, 0.1) is 21.4 Å². The van der Waals surface area contributed by atoms with Gasteiger partial charge in [-0.15, -0.1) is 11.3 Å². The molecule has 2 aromatic rings. The van der Waals surface area contributed by atoms with Crippen LogP contribution in [0.15, 0.2) is 51.7 Å². The van der Waals surface area contributed by atoms with Crippen molar-refractivity contribution in [3.05, 3.63) is 46.7 Å². The second kappa shape index (κ2) is 6.06. The summed E-state index contributed by atoms with van der Waals surface area (Å²) in [5.41, 5.74) is 5.72. The molecular weight excluding hydrogens is 312 g/mol. The highest BCUT2D eigenvalue weighted by molar-refractivity contribution is 7.92. The third-order valence-corrected chi connectivity index (χ3v) is 5.08. The van der Waals surface area contributed by atoms with Gasteiger partial charge >= 0.3 is 0 Å². The van der Waals surface area contributed by atoms with Gasteiger partial charge in [-0.2, -0.15) is 0 Å². The van der Waals surface area contributed by atoms with Crippen LogP contribution < -0.4 is 10.8 Å². The zero-order valence-electron chi connectivity index (χ0n) is 10.7. The van der Waals surface area contributed by atoms with Crippen molar-refractivity contribution in [2.45, 2.75) is 4.90 Å². The molecule has 2 rings (SSSR count). The van der Waals surface area contributed by atoms with E-state index in [0.29, 0.717) is 0 Å². The topological polar surface area (TPSA) is 113 Å². The fraction of sp³-hybridized carbons (Fsp3) is 0.0769. The van der Waals surface area contributed by atoms with E-state index in [1.165, 1.54) is 23.6 Å². The lowest BCUT2D eigenvalue weighted by Crippen LogP contribution is -2.24. The van der Waals surface area contributed by atoms with E-state index in [1.54, 1.807) is 18.2 Å². The summed E-state index contributed by atoms with van der Waals surface area (Å²) in [5.74, 6) is -2.04. The Labute approximate surface area is 125 Å². The molecule has 110 valence electrons. The highest BCUT2D eigenvalue weighted by atomic mass is 32.2. The van der Waals surface area contributed by atoms with Crippen molar-refractivity contribution < 1.29 is 18.3 Å². The monoisotopic (exact) mass is 323 g/mol. The standard InChI is InChI=1S/C13H12N2O4S2/c14-11(15-10-6-7-20-12(10)13(16)17)8-21(18,19)9-4-2-1-3-5-9/h1-7H,8H2,(H2,14,15)(H,16,17)/p-1. The van der Waals surface area contributed by atoms with Gasteiger partial charge < -0.3 is 15.6 Å². The molecule has 0 aliphatic carbocycles. The van der Waals surface area contributed by atoms with Gasteiger partial charge in [-0.3, -0.25) is 0 Å². The number of nitrogens with zero attached hydrogens (tertiary/aromatic N) is 1. The van der Waals surface area contributed by atoms with Gasteiger partial charge in [-0.25, -0.2) is 13.4 Å². The Morgan fingerprint density at radius 3 is 2.52 bits per heavy atom. The zero-order chi connectivity index (χ0) is 15.5. The summed E-state index contributed by atoms with van der Waals surface area (Å²) in [6.07, 6.45) is 0. The summed E-state index contributed by atoms with van der Waals surface area (Å²) in [5, 5.41) is 12.4. The molecule has 0 atom stereocenters. The van der Waals surface area contributed by atoms with Gasteiger partial charge in [0.25, 0.3) is 0 Å². The van der Waals surface area contributed by atoms with E-state index < -0.39 is 21.6 Å². The first-order valence-corrected chi connectivity index (χ1v) is 8.33. The van der Waals surface area contributed by atoms with Crippen LogP contribution in [-0.2, 0) is 9.84 Å². The van der Waals surface area contributed by atoms with E-state index >= 15 is 0 Å². The Hall–Kier alpha value is -2.19. The number of carboxylic acid groups (broad SMARTS) is 1. The van der Waals surface area contributed by atoms with Gasteiger partial charge in [0.15, 0.2) is 9.84 Å². The van der Waals surface area contributed by atoms with E-state index in [-0.39, 0.29) is 21.3 Å². The Morgan fingerprint density at radius 2 is 1.90 bits per heavy atom. The summed E-state index contributed by atoms with van der Waals surface area (Å²) >= 11 is 0.940. The summed E-state index contributed by atoms with van der Waals surface area (Å²) in [7, 11) is -3.61. The van der Waals surface area contributed by atoms with Gasteiger partial charge in [-0.05, 0) is 23.6 Å². The minimum absolute atomic E-state index is 0.0879. The SMILES string of the molecule is NC(CS(=O)(=O)c1ccccc1)=Nc1ccsc1C(=O)[O-]. The number of aromatic carboxylic acids is 1. The predicted octanol–water partition coefficient (Wildman–Crippen LogP) is 0.574. The van der Waals surface area contributed by atoms with Crippen LogP contribution in [0.4, 0.5) is 5.69 Å². The van der Waals surface area contributed by atoms with Crippen molar-refractivity contribution in [1.82, 2.24) is 0 Å². The molecule has 8 heteroatoms. The number of carbonyl (C=O) groups is 1. The van der Waals surface area contributed by atoms with Crippen molar-refractivity contribution in [1.29, 1.82) is 0 Å². The lowest BCUT2D eigenvalue weighted by molar-refractivity contribution is -0.254. The maximum Gasteiger partial charge on any atom is 0.185 e. The number of carbonyl (C=O) groups excluding carboxylic acids is 1. The van der Waals surface area contributed by atoms with Crippen LogP contribution in [0.1, 0.15) is 9.67 Å². The van der Waals surface area contributed by atoms with E-state index in [0.717, 1.165) is 11.3 Å². The average molecular weight is 323 g/mol. The fourth-order valence-electron chi connectivity index (χ4n) is 1.64. The number of nitrogens with two attached hydrogens (primary N) is 1. The van der Waals surface area contributed by atoms with Gasteiger partial charge in [-0.1, -0.05) is 18.2 Å². The molecule has 0 amide bonds. The van der Waals surface area contributed by atoms with Crippen molar-refractivity contribution in [3.63, 3.8) is 0 Å². The van der Waals surface area contributed by atoms with Crippen molar-refractivity contribution in [3.8, 4) is 0 Å². The molecule has 0 saturated heterocycles. The van der Waals surface area contributed by atoms with Crippen molar-refractivity contribution in [2.24, 2.45) is 10.7 Å². The number of hydrogen-bond donors (Lipinski definition) is 1. The lowest BCUT2D eigenvalue weighted by atomic mass is 10.4. The molecule has 0 spiro atoms. The van der Waals surface area contributed by atoms with Gasteiger partial charge in [0.1, 0.15) is 11.6 Å². The summed E-state index contributed by atoms with van der Waals surface area (Å²) in [6, 6.07) is 9.27. The number of rotatable bonds is 5. The molecule has 0 saturated carbocycles. The third-order valence-electron chi connectivity index (χ3n) is 2.53. The maximum absolute atomic E-state index is 12.1.